The van der Waals surface area contributed by atoms with Crippen LogP contribution in [-0.2, 0) is 0 Å². The van der Waals surface area contributed by atoms with E-state index in [1.807, 2.05) is 0 Å². The Morgan fingerprint density at radius 3 is 2.33 bits per heavy atom. The van der Waals surface area contributed by atoms with Gasteiger partial charge in [0.1, 0.15) is 25.0 Å². The first-order valence-corrected chi connectivity index (χ1v) is 3.00. The van der Waals surface area contributed by atoms with Crippen LogP contribution in [0.3, 0.4) is 0 Å². The van der Waals surface area contributed by atoms with Crippen LogP contribution in [0, 0.1) is 11.6 Å². The molecule has 0 atom stereocenters. The van der Waals surface area contributed by atoms with Crippen LogP contribution in [0.1, 0.15) is 10.4 Å². The number of carboxylic acid groups (broad SMARTS) is 1. The summed E-state index contributed by atoms with van der Waals surface area (Å²) in [6.45, 7) is 0. The molecule has 0 aliphatic rings. The summed E-state index contributed by atoms with van der Waals surface area (Å²) in [7, 11) is 0.734. The predicted octanol–water partition coefficient (Wildman–Crippen LogP) is 0.189. The normalized spacial score (nSPS) is 10.7. The summed E-state index contributed by atoms with van der Waals surface area (Å²) in [4.78, 5) is 10.3. The van der Waals surface area contributed by atoms with Gasteiger partial charge in [-0.3, -0.25) is 0 Å². The number of hydrogen-bond donors (Lipinski definition) is 1. The Kier molecular flexibility index (Phi) is 1.77. The fraction of sp³-hybridized carbons (Fsp3) is 0. The largest absolute Gasteiger partial charge is 0.477 e. The van der Waals surface area contributed by atoms with E-state index in [4.69, 9.17) is 6.44 Å². The van der Waals surface area contributed by atoms with E-state index in [0.29, 0.717) is 0 Å². The van der Waals surface area contributed by atoms with Gasteiger partial charge in [-0.05, 0) is 13.5 Å². The monoisotopic (exact) mass is 170 g/mol. The second-order valence-corrected chi connectivity index (χ2v) is 2.16. The summed E-state index contributed by atoms with van der Waals surface area (Å²) in [5.74, 6) is -4.01. The molecule has 0 unspecified atom stereocenters. The zero-order chi connectivity index (χ0) is 10.0. The predicted molar refractivity (Wildman–Crippen MR) is 40.1 cm³/mol. The Bertz CT molecular complexity index is 333. The first-order chi connectivity index (χ1) is 6.06. The Balaban J connectivity index is 3.31. The van der Waals surface area contributed by atoms with Gasteiger partial charge in [-0.2, -0.15) is 0 Å². The fourth-order valence-electron chi connectivity index (χ4n) is 0.797. The summed E-state index contributed by atoms with van der Waals surface area (Å²) < 4.78 is 32.4. The van der Waals surface area contributed by atoms with Crippen LogP contribution in [0.15, 0.2) is 12.1 Å². The quantitative estimate of drug-likeness (QED) is 0.643. The maximum Gasteiger partial charge on any atom is 0.341 e. The highest BCUT2D eigenvalue weighted by atomic mass is 19.1. The van der Waals surface area contributed by atoms with Gasteiger partial charge in [0.2, 0.25) is 0 Å². The van der Waals surface area contributed by atoms with Crippen molar-refractivity contribution in [3.05, 3.63) is 29.3 Å². The first kappa shape index (κ1) is 7.27. The van der Waals surface area contributed by atoms with Crippen LogP contribution in [0.25, 0.3) is 0 Å². The molecule has 5 heteroatoms. The minimum atomic E-state index is -1.66. The average Bonchev–Trinajstić information content (AvgIpc) is 2.02. The minimum absolute atomic E-state index is 0.0139. The molecule has 2 nitrogen and oxygen atoms in total. The van der Waals surface area contributed by atoms with E-state index in [2.05, 4.69) is 0 Å². The van der Waals surface area contributed by atoms with Crippen LogP contribution in [0.5, 0.6) is 0 Å². The summed E-state index contributed by atoms with van der Waals surface area (Å²) in [5.41, 5.74) is -1.01. The molecule has 1 aromatic carbocycles. The fourth-order valence-corrected chi connectivity index (χ4v) is 0.797. The van der Waals surface area contributed by atoms with Gasteiger partial charge >= 0.3 is 5.97 Å². The Morgan fingerprint density at radius 1 is 1.50 bits per heavy atom. The molecule has 0 aromatic heterocycles. The van der Waals surface area contributed by atoms with Crippen molar-refractivity contribution in [2.24, 2.45) is 0 Å². The zero-order valence-corrected chi connectivity index (χ0v) is 5.84. The van der Waals surface area contributed by atoms with Gasteiger partial charge in [0, 0.05) is 0 Å². The molecule has 12 heavy (non-hydrogen) atoms. The van der Waals surface area contributed by atoms with Crippen molar-refractivity contribution in [3.8, 4) is 0 Å². The second kappa shape index (κ2) is 2.93. The molecule has 1 radical (unpaired) electrons. The Hall–Kier alpha value is -1.39. The number of aromatic carboxylic acids is 1. The van der Waals surface area contributed by atoms with Gasteiger partial charge in [0.05, 0.1) is 0 Å². The van der Waals surface area contributed by atoms with Crippen molar-refractivity contribution < 1.29 is 18.7 Å². The maximum atomic E-state index is 12.8. The standard InChI is InChI=1S/C7H4BF2O2/c8-3-1-4(9)6(7(11)12)5(10)2-3/h1-2,8H,(H,11,12)/i8D. The van der Waals surface area contributed by atoms with Crippen molar-refractivity contribution >= 4 is 19.2 Å². The van der Waals surface area contributed by atoms with E-state index in [1.165, 1.54) is 0 Å². The molecule has 0 heterocycles. The highest BCUT2D eigenvalue weighted by Crippen LogP contribution is 2.09. The number of benzene rings is 1. The molecule has 0 fully saturated rings. The third kappa shape index (κ3) is 1.44. The Labute approximate surface area is 69.6 Å². The molecule has 1 N–H and O–H groups in total. The van der Waals surface area contributed by atoms with Crippen molar-refractivity contribution in [2.75, 3.05) is 0 Å². The lowest BCUT2D eigenvalue weighted by molar-refractivity contribution is 0.0686. The van der Waals surface area contributed by atoms with E-state index in [1.54, 1.807) is 0 Å². The van der Waals surface area contributed by atoms with Gasteiger partial charge in [-0.1, -0.05) is 5.46 Å². The molecule has 0 bridgehead atoms. The molecule has 0 saturated carbocycles. The number of rotatable bonds is 2. The van der Waals surface area contributed by atoms with Gasteiger partial charge in [0.15, 0.2) is 0 Å². The van der Waals surface area contributed by atoms with Crippen LogP contribution in [0.4, 0.5) is 8.78 Å². The van der Waals surface area contributed by atoms with Gasteiger partial charge in [-0.15, -0.1) is 0 Å². The molecule has 0 saturated heterocycles. The minimum Gasteiger partial charge on any atom is -0.477 e. The third-order valence-corrected chi connectivity index (χ3v) is 1.28. The molecular weight excluding hydrogens is 165 g/mol. The zero-order valence-electron chi connectivity index (χ0n) is 6.84. The molecule has 0 amide bonds. The van der Waals surface area contributed by atoms with E-state index in [-0.39, 0.29) is 5.46 Å². The van der Waals surface area contributed by atoms with E-state index < -0.39 is 23.2 Å². The number of carbonyl (C=O) groups is 1. The lowest BCUT2D eigenvalue weighted by Gasteiger charge is -2.00. The summed E-state index contributed by atoms with van der Waals surface area (Å²) in [6, 6.07) is 1.58. The molecule has 1 rings (SSSR count). The van der Waals surface area contributed by atoms with Gasteiger partial charge in [0.25, 0.3) is 0 Å². The summed E-state index contributed by atoms with van der Waals surface area (Å²) >= 11 is 0. The first-order valence-electron chi connectivity index (χ1n) is 3.58. The van der Waals surface area contributed by atoms with Crippen molar-refractivity contribution in [1.29, 1.82) is 1.34 Å². The number of hydrogen-bond acceptors (Lipinski definition) is 1. The lowest BCUT2D eigenvalue weighted by atomic mass is 9.94. The maximum absolute atomic E-state index is 12.8. The van der Waals surface area contributed by atoms with Gasteiger partial charge in [-0.25, -0.2) is 13.6 Å². The Morgan fingerprint density at radius 2 is 2.00 bits per heavy atom. The van der Waals surface area contributed by atoms with Crippen LogP contribution >= 0.6 is 0 Å². The molecule has 0 aliphatic carbocycles. The topological polar surface area (TPSA) is 37.3 Å². The highest BCUT2D eigenvalue weighted by molar-refractivity contribution is 6.32. The average molecular weight is 170 g/mol. The highest BCUT2D eigenvalue weighted by Gasteiger charge is 2.16. The number of halogens is 2. The molecule has 1 aromatic rings. The summed E-state index contributed by atoms with van der Waals surface area (Å²) in [6.07, 6.45) is 0. The van der Waals surface area contributed by atoms with Crippen LogP contribution in [-0.4, -0.2) is 20.2 Å². The molecule has 61 valence electrons. The summed E-state index contributed by atoms with van der Waals surface area (Å²) in [5, 5.41) is 8.37. The smallest absolute Gasteiger partial charge is 0.341 e. The van der Waals surface area contributed by atoms with Crippen LogP contribution in [0.2, 0.25) is 0 Å². The SMILES string of the molecule is [2H][B]c1cc(F)c(C(=O)O)c(F)c1. The third-order valence-electron chi connectivity index (χ3n) is 1.28. The van der Waals surface area contributed by atoms with Crippen molar-refractivity contribution in [3.63, 3.8) is 0 Å². The van der Waals surface area contributed by atoms with Gasteiger partial charge < -0.3 is 5.11 Å². The molecule has 0 aliphatic heterocycles. The second-order valence-electron chi connectivity index (χ2n) is 2.16. The molecule has 0 spiro atoms. The lowest BCUT2D eigenvalue weighted by Crippen LogP contribution is -2.12. The van der Waals surface area contributed by atoms with E-state index in [0.717, 1.165) is 19.9 Å². The van der Waals surface area contributed by atoms with Crippen molar-refractivity contribution in [1.82, 2.24) is 0 Å². The number of carboxylic acids is 1. The van der Waals surface area contributed by atoms with Crippen molar-refractivity contribution in [2.45, 2.75) is 0 Å². The van der Waals surface area contributed by atoms with E-state index in [9.17, 15) is 13.6 Å². The van der Waals surface area contributed by atoms with Crippen LogP contribution < -0.4 is 5.46 Å². The van der Waals surface area contributed by atoms with E-state index >= 15 is 0 Å². The molecular formula is C7H4BF2O2.